The summed E-state index contributed by atoms with van der Waals surface area (Å²) in [7, 11) is 1.71. The predicted molar refractivity (Wildman–Crippen MR) is 76.4 cm³/mol. The van der Waals surface area contributed by atoms with Crippen LogP contribution >= 0.6 is 11.6 Å². The van der Waals surface area contributed by atoms with Gasteiger partial charge in [-0.2, -0.15) is 0 Å². The van der Waals surface area contributed by atoms with Crippen molar-refractivity contribution in [3.05, 3.63) is 29.8 Å². The van der Waals surface area contributed by atoms with E-state index >= 15 is 0 Å². The molecule has 0 aromatic heterocycles. The second-order valence-corrected chi connectivity index (χ2v) is 5.47. The largest absolute Gasteiger partial charge is 0.497 e. The average molecular weight is 268 g/mol. The van der Waals surface area contributed by atoms with Gasteiger partial charge in [-0.1, -0.05) is 19.1 Å². The monoisotopic (exact) mass is 267 g/mol. The minimum absolute atomic E-state index is 0.314. The molecule has 100 valence electrons. The van der Waals surface area contributed by atoms with E-state index in [2.05, 4.69) is 24.0 Å². The molecule has 0 aliphatic carbocycles. The molecular weight excluding hydrogens is 246 g/mol. The van der Waals surface area contributed by atoms with Gasteiger partial charge in [0.1, 0.15) is 5.75 Å². The summed E-state index contributed by atoms with van der Waals surface area (Å²) in [6.45, 7) is 4.63. The van der Waals surface area contributed by atoms with Gasteiger partial charge in [-0.15, -0.1) is 11.6 Å². The number of piperidine rings is 1. The van der Waals surface area contributed by atoms with Gasteiger partial charge in [-0.25, -0.2) is 0 Å². The number of likely N-dealkylation sites (tertiary alicyclic amines) is 1. The van der Waals surface area contributed by atoms with E-state index in [1.165, 1.54) is 18.4 Å². The van der Waals surface area contributed by atoms with E-state index in [0.29, 0.717) is 11.9 Å². The summed E-state index contributed by atoms with van der Waals surface area (Å²) in [5.41, 5.74) is 1.26. The first kappa shape index (κ1) is 13.7. The smallest absolute Gasteiger partial charge is 0.119 e. The Morgan fingerprint density at radius 2 is 2.11 bits per heavy atom. The van der Waals surface area contributed by atoms with Gasteiger partial charge in [0.2, 0.25) is 0 Å². The molecule has 18 heavy (non-hydrogen) atoms. The number of nitrogens with zero attached hydrogens (tertiary/aromatic N) is 1. The van der Waals surface area contributed by atoms with Crippen LogP contribution in [0.5, 0.6) is 5.75 Å². The van der Waals surface area contributed by atoms with Crippen LogP contribution in [0.15, 0.2) is 24.3 Å². The van der Waals surface area contributed by atoms with E-state index in [4.69, 9.17) is 16.3 Å². The molecule has 1 aliphatic heterocycles. The Labute approximate surface area is 115 Å². The van der Waals surface area contributed by atoms with Gasteiger partial charge in [0.25, 0.3) is 0 Å². The molecule has 0 radical (unpaired) electrons. The summed E-state index contributed by atoms with van der Waals surface area (Å²) in [5, 5.41) is 0. The van der Waals surface area contributed by atoms with Gasteiger partial charge >= 0.3 is 0 Å². The van der Waals surface area contributed by atoms with Crippen molar-refractivity contribution >= 4 is 11.6 Å². The molecule has 1 aromatic carbocycles. The molecule has 1 fully saturated rings. The minimum Gasteiger partial charge on any atom is -0.497 e. The molecule has 0 bridgehead atoms. The van der Waals surface area contributed by atoms with Crippen molar-refractivity contribution in [1.29, 1.82) is 0 Å². The fraction of sp³-hybridized carbons (Fsp3) is 0.600. The number of hydrogen-bond donors (Lipinski definition) is 0. The number of methoxy groups -OCH3 is 1. The molecule has 0 spiro atoms. The molecular formula is C15H22ClNO. The molecule has 1 unspecified atom stereocenters. The summed E-state index contributed by atoms with van der Waals surface area (Å²) >= 11 is 6.18. The Morgan fingerprint density at radius 3 is 2.72 bits per heavy atom. The Morgan fingerprint density at radius 1 is 1.39 bits per heavy atom. The highest BCUT2D eigenvalue weighted by Gasteiger charge is 2.24. The summed E-state index contributed by atoms with van der Waals surface area (Å²) in [6, 6.07) is 8.58. The number of benzene rings is 1. The van der Waals surface area contributed by atoms with Gasteiger partial charge in [0, 0.05) is 11.9 Å². The first-order valence-corrected chi connectivity index (χ1v) is 7.22. The lowest BCUT2D eigenvalue weighted by Gasteiger charge is -2.36. The lowest BCUT2D eigenvalue weighted by Crippen LogP contribution is -2.37. The number of rotatable bonds is 4. The third-order valence-electron chi connectivity index (χ3n) is 3.88. The van der Waals surface area contributed by atoms with Crippen molar-refractivity contribution in [2.24, 2.45) is 5.92 Å². The van der Waals surface area contributed by atoms with Crippen LogP contribution in [0.4, 0.5) is 0 Å². The summed E-state index contributed by atoms with van der Waals surface area (Å²) < 4.78 is 5.29. The zero-order chi connectivity index (χ0) is 13.0. The fourth-order valence-electron chi connectivity index (χ4n) is 2.59. The molecule has 3 heteroatoms. The third kappa shape index (κ3) is 3.18. The number of alkyl halides is 1. The summed E-state index contributed by atoms with van der Waals surface area (Å²) in [5.74, 6) is 2.40. The molecule has 2 rings (SSSR count). The van der Waals surface area contributed by atoms with E-state index in [9.17, 15) is 0 Å². The zero-order valence-corrected chi connectivity index (χ0v) is 12.0. The Bertz CT molecular complexity index is 375. The molecule has 1 saturated heterocycles. The van der Waals surface area contributed by atoms with Gasteiger partial charge in [0.15, 0.2) is 0 Å². The predicted octanol–water partition coefficient (Wildman–Crippen LogP) is 3.71. The normalized spacial score (nSPS) is 19.7. The maximum atomic E-state index is 6.18. The molecule has 0 amide bonds. The second kappa shape index (κ2) is 6.44. The van der Waals surface area contributed by atoms with Crippen LogP contribution in [-0.4, -0.2) is 31.0 Å². The van der Waals surface area contributed by atoms with Crippen molar-refractivity contribution < 1.29 is 4.74 Å². The lowest BCUT2D eigenvalue weighted by molar-refractivity contribution is 0.149. The number of ether oxygens (including phenoxy) is 1. The van der Waals surface area contributed by atoms with Crippen molar-refractivity contribution in [2.75, 3.05) is 26.1 Å². The van der Waals surface area contributed by atoms with Gasteiger partial charge in [-0.05, 0) is 49.5 Å². The van der Waals surface area contributed by atoms with Crippen LogP contribution in [0.25, 0.3) is 0 Å². The molecule has 0 N–H and O–H groups in total. The maximum Gasteiger partial charge on any atom is 0.119 e. The Balaban J connectivity index is 2.11. The average Bonchev–Trinajstić information content (AvgIpc) is 2.42. The van der Waals surface area contributed by atoms with Crippen molar-refractivity contribution in [2.45, 2.75) is 25.8 Å². The van der Waals surface area contributed by atoms with Gasteiger partial charge in [-0.3, -0.25) is 4.90 Å². The van der Waals surface area contributed by atoms with E-state index in [-0.39, 0.29) is 0 Å². The summed E-state index contributed by atoms with van der Waals surface area (Å²) in [6.07, 6.45) is 2.55. The van der Waals surface area contributed by atoms with E-state index in [1.54, 1.807) is 7.11 Å². The summed E-state index contributed by atoms with van der Waals surface area (Å²) in [4.78, 5) is 2.50. The number of hydrogen-bond acceptors (Lipinski definition) is 2. The van der Waals surface area contributed by atoms with Crippen molar-refractivity contribution in [3.63, 3.8) is 0 Å². The third-order valence-corrected chi connectivity index (χ3v) is 4.18. The maximum absolute atomic E-state index is 6.18. The van der Waals surface area contributed by atoms with Crippen molar-refractivity contribution in [1.82, 2.24) is 4.90 Å². The first-order chi connectivity index (χ1) is 8.74. The molecule has 1 aromatic rings. The molecule has 2 nitrogen and oxygen atoms in total. The Hall–Kier alpha value is -0.730. The highest BCUT2D eigenvalue weighted by atomic mass is 35.5. The van der Waals surface area contributed by atoms with Crippen LogP contribution < -0.4 is 4.74 Å². The van der Waals surface area contributed by atoms with Crippen LogP contribution in [0.3, 0.4) is 0 Å². The van der Waals surface area contributed by atoms with E-state index in [0.717, 1.165) is 24.8 Å². The van der Waals surface area contributed by atoms with E-state index in [1.807, 2.05) is 12.1 Å². The Kier molecular flexibility index (Phi) is 4.90. The second-order valence-electron chi connectivity index (χ2n) is 5.17. The molecule has 1 atom stereocenters. The van der Waals surface area contributed by atoms with Crippen LogP contribution in [0, 0.1) is 5.92 Å². The minimum atomic E-state index is 0.314. The van der Waals surface area contributed by atoms with Crippen LogP contribution in [0.1, 0.15) is 31.4 Å². The van der Waals surface area contributed by atoms with Gasteiger partial charge < -0.3 is 4.74 Å². The van der Waals surface area contributed by atoms with E-state index < -0.39 is 0 Å². The highest BCUT2D eigenvalue weighted by molar-refractivity contribution is 6.18. The first-order valence-electron chi connectivity index (χ1n) is 6.68. The lowest BCUT2D eigenvalue weighted by atomic mass is 9.96. The van der Waals surface area contributed by atoms with Gasteiger partial charge in [0.05, 0.1) is 7.11 Å². The molecule has 1 heterocycles. The quantitative estimate of drug-likeness (QED) is 0.771. The zero-order valence-electron chi connectivity index (χ0n) is 11.2. The molecule has 0 saturated carbocycles. The number of halogens is 1. The molecule has 1 aliphatic rings. The SMILES string of the molecule is COc1cccc(C(CCl)N2CCC(C)CC2)c1. The highest BCUT2D eigenvalue weighted by Crippen LogP contribution is 2.29. The van der Waals surface area contributed by atoms with Crippen LogP contribution in [0.2, 0.25) is 0 Å². The standard InChI is InChI=1S/C15H22ClNO/c1-12-6-8-17(9-7-12)15(11-16)13-4-3-5-14(10-13)18-2/h3-5,10,12,15H,6-9,11H2,1-2H3. The van der Waals surface area contributed by atoms with Crippen LogP contribution in [-0.2, 0) is 0 Å². The fourth-order valence-corrected chi connectivity index (χ4v) is 2.96. The van der Waals surface area contributed by atoms with Crippen molar-refractivity contribution in [3.8, 4) is 5.75 Å². The topological polar surface area (TPSA) is 12.5 Å².